The number of para-hydroxylation sites is 1. The van der Waals surface area contributed by atoms with Gasteiger partial charge in [-0.1, -0.05) is 24.3 Å². The number of hydrogen-bond donors (Lipinski definition) is 0. The number of thiophene rings is 1. The van der Waals surface area contributed by atoms with Crippen LogP contribution in [0.25, 0.3) is 0 Å². The second-order valence-electron chi connectivity index (χ2n) is 5.96. The first kappa shape index (κ1) is 17.0. The summed E-state index contributed by atoms with van der Waals surface area (Å²) in [5.74, 6) is 1.20. The highest BCUT2D eigenvalue weighted by atomic mass is 32.1. The van der Waals surface area contributed by atoms with Crippen molar-refractivity contribution < 1.29 is 9.53 Å². The van der Waals surface area contributed by atoms with Crippen molar-refractivity contribution in [1.82, 2.24) is 9.80 Å². The SMILES string of the molecule is O=C(CCc1cccs1)N1CCN(CCOc2ccccc2)CC1. The second-order valence-corrected chi connectivity index (χ2v) is 7.00. The predicted molar refractivity (Wildman–Crippen MR) is 97.6 cm³/mol. The van der Waals surface area contributed by atoms with Crippen LogP contribution in [-0.2, 0) is 11.2 Å². The van der Waals surface area contributed by atoms with Gasteiger partial charge < -0.3 is 9.64 Å². The lowest BCUT2D eigenvalue weighted by atomic mass is 10.2. The molecule has 0 N–H and O–H groups in total. The quantitative estimate of drug-likeness (QED) is 0.774. The van der Waals surface area contributed by atoms with E-state index in [4.69, 9.17) is 4.74 Å². The Morgan fingerprint density at radius 3 is 2.54 bits per heavy atom. The summed E-state index contributed by atoms with van der Waals surface area (Å²) >= 11 is 1.73. The van der Waals surface area contributed by atoms with Crippen molar-refractivity contribution in [3.63, 3.8) is 0 Å². The average molecular weight is 344 g/mol. The van der Waals surface area contributed by atoms with Crippen molar-refractivity contribution in [2.75, 3.05) is 39.3 Å². The third-order valence-corrected chi connectivity index (χ3v) is 5.25. The molecule has 0 atom stereocenters. The van der Waals surface area contributed by atoms with E-state index in [9.17, 15) is 4.79 Å². The molecule has 24 heavy (non-hydrogen) atoms. The molecule has 1 aliphatic rings. The highest BCUT2D eigenvalue weighted by Crippen LogP contribution is 2.13. The standard InChI is InChI=1S/C19H24N2O2S/c22-19(9-8-18-7-4-16-24-18)21-12-10-20(11-13-21)14-15-23-17-5-2-1-3-6-17/h1-7,16H,8-15H2. The van der Waals surface area contributed by atoms with Crippen LogP contribution in [0.2, 0.25) is 0 Å². The minimum Gasteiger partial charge on any atom is -0.492 e. The Labute approximate surface area is 147 Å². The Morgan fingerprint density at radius 2 is 1.83 bits per heavy atom. The van der Waals surface area contributed by atoms with Gasteiger partial charge in [0.05, 0.1) is 0 Å². The first-order valence-electron chi connectivity index (χ1n) is 8.51. The molecule has 128 valence electrons. The van der Waals surface area contributed by atoms with Crippen LogP contribution < -0.4 is 4.74 Å². The van der Waals surface area contributed by atoms with Crippen molar-refractivity contribution in [1.29, 1.82) is 0 Å². The summed E-state index contributed by atoms with van der Waals surface area (Å²) in [6, 6.07) is 14.0. The summed E-state index contributed by atoms with van der Waals surface area (Å²) in [7, 11) is 0. The number of benzene rings is 1. The molecule has 4 nitrogen and oxygen atoms in total. The van der Waals surface area contributed by atoms with Crippen LogP contribution in [0.5, 0.6) is 5.75 Å². The number of carbonyl (C=O) groups excluding carboxylic acids is 1. The number of aryl methyl sites for hydroxylation is 1. The lowest BCUT2D eigenvalue weighted by Crippen LogP contribution is -2.49. The van der Waals surface area contributed by atoms with E-state index in [1.54, 1.807) is 11.3 Å². The Balaban J connectivity index is 1.32. The minimum absolute atomic E-state index is 0.281. The molecule has 3 rings (SSSR count). The molecule has 1 aliphatic heterocycles. The molecule has 1 aromatic carbocycles. The molecule has 0 saturated carbocycles. The number of amides is 1. The van der Waals surface area contributed by atoms with E-state index in [2.05, 4.69) is 16.3 Å². The van der Waals surface area contributed by atoms with Gasteiger partial charge in [-0.2, -0.15) is 0 Å². The van der Waals surface area contributed by atoms with Gasteiger partial charge in [0, 0.05) is 44.0 Å². The lowest BCUT2D eigenvalue weighted by molar-refractivity contribution is -0.132. The molecule has 0 unspecified atom stereocenters. The molecule has 1 saturated heterocycles. The molecule has 5 heteroatoms. The summed E-state index contributed by atoms with van der Waals surface area (Å²) < 4.78 is 5.74. The van der Waals surface area contributed by atoms with Gasteiger partial charge in [0.15, 0.2) is 0 Å². The van der Waals surface area contributed by atoms with Gasteiger partial charge >= 0.3 is 0 Å². The maximum Gasteiger partial charge on any atom is 0.223 e. The van der Waals surface area contributed by atoms with Crippen LogP contribution >= 0.6 is 11.3 Å². The van der Waals surface area contributed by atoms with E-state index in [1.165, 1.54) is 4.88 Å². The molecule has 1 amide bonds. The zero-order valence-electron chi connectivity index (χ0n) is 13.9. The fourth-order valence-electron chi connectivity index (χ4n) is 2.87. The molecule has 1 fully saturated rings. The van der Waals surface area contributed by atoms with E-state index in [0.29, 0.717) is 13.0 Å². The van der Waals surface area contributed by atoms with Gasteiger partial charge in [-0.05, 0) is 30.0 Å². The molecule has 0 aliphatic carbocycles. The Kier molecular flexibility index (Phi) is 6.26. The van der Waals surface area contributed by atoms with Crippen molar-refractivity contribution in [2.45, 2.75) is 12.8 Å². The number of piperazine rings is 1. The summed E-state index contributed by atoms with van der Waals surface area (Å²) in [6.07, 6.45) is 1.49. The fourth-order valence-corrected chi connectivity index (χ4v) is 3.58. The van der Waals surface area contributed by atoms with Crippen LogP contribution in [0.3, 0.4) is 0 Å². The Morgan fingerprint density at radius 1 is 1.04 bits per heavy atom. The minimum atomic E-state index is 0.281. The van der Waals surface area contributed by atoms with Crippen LogP contribution in [-0.4, -0.2) is 55.0 Å². The van der Waals surface area contributed by atoms with E-state index >= 15 is 0 Å². The van der Waals surface area contributed by atoms with Crippen LogP contribution in [0.4, 0.5) is 0 Å². The van der Waals surface area contributed by atoms with Gasteiger partial charge in [-0.3, -0.25) is 9.69 Å². The lowest BCUT2D eigenvalue weighted by Gasteiger charge is -2.34. The van der Waals surface area contributed by atoms with Crippen LogP contribution in [0, 0.1) is 0 Å². The topological polar surface area (TPSA) is 32.8 Å². The largest absolute Gasteiger partial charge is 0.492 e. The van der Waals surface area contributed by atoms with Crippen LogP contribution in [0.1, 0.15) is 11.3 Å². The monoisotopic (exact) mass is 344 g/mol. The number of hydrogen-bond acceptors (Lipinski definition) is 4. The van der Waals surface area contributed by atoms with E-state index in [1.807, 2.05) is 41.3 Å². The molecule has 2 aromatic rings. The van der Waals surface area contributed by atoms with E-state index < -0.39 is 0 Å². The average Bonchev–Trinajstić information content (AvgIpc) is 3.15. The summed E-state index contributed by atoms with van der Waals surface area (Å²) in [5, 5.41) is 2.07. The number of ether oxygens (including phenoxy) is 1. The molecular weight excluding hydrogens is 320 g/mol. The molecule has 0 radical (unpaired) electrons. The molecule has 0 bridgehead atoms. The van der Waals surface area contributed by atoms with Crippen molar-refractivity contribution in [2.24, 2.45) is 0 Å². The van der Waals surface area contributed by atoms with Gasteiger partial charge in [-0.25, -0.2) is 0 Å². The maximum absolute atomic E-state index is 12.3. The molecule has 1 aromatic heterocycles. The second kappa shape index (κ2) is 8.85. The molecule has 0 spiro atoms. The first-order chi connectivity index (χ1) is 11.8. The zero-order chi connectivity index (χ0) is 16.6. The summed E-state index contributed by atoms with van der Waals surface area (Å²) in [5.41, 5.74) is 0. The van der Waals surface area contributed by atoms with Gasteiger partial charge in [0.25, 0.3) is 0 Å². The third-order valence-electron chi connectivity index (χ3n) is 4.31. The number of rotatable bonds is 7. The predicted octanol–water partition coefficient (Wildman–Crippen LogP) is 2.90. The normalized spacial score (nSPS) is 15.4. The molecular formula is C19H24N2O2S. The zero-order valence-corrected chi connectivity index (χ0v) is 14.7. The van der Waals surface area contributed by atoms with Gasteiger partial charge in [0.1, 0.15) is 12.4 Å². The summed E-state index contributed by atoms with van der Waals surface area (Å²) in [6.45, 7) is 5.12. The van der Waals surface area contributed by atoms with Gasteiger partial charge in [-0.15, -0.1) is 11.3 Å². The number of nitrogens with zero attached hydrogens (tertiary/aromatic N) is 2. The fraction of sp³-hybridized carbons (Fsp3) is 0.421. The Bertz CT molecular complexity index is 608. The van der Waals surface area contributed by atoms with E-state index in [0.717, 1.165) is 44.9 Å². The van der Waals surface area contributed by atoms with Crippen molar-refractivity contribution in [3.8, 4) is 5.75 Å². The van der Waals surface area contributed by atoms with Crippen molar-refractivity contribution in [3.05, 3.63) is 52.7 Å². The number of carbonyl (C=O) groups is 1. The summed E-state index contributed by atoms with van der Waals surface area (Å²) in [4.78, 5) is 17.9. The smallest absolute Gasteiger partial charge is 0.223 e. The highest BCUT2D eigenvalue weighted by molar-refractivity contribution is 7.09. The van der Waals surface area contributed by atoms with E-state index in [-0.39, 0.29) is 5.91 Å². The highest BCUT2D eigenvalue weighted by Gasteiger charge is 2.20. The third kappa shape index (κ3) is 5.08. The first-order valence-corrected chi connectivity index (χ1v) is 9.39. The molecule has 2 heterocycles. The Hall–Kier alpha value is -1.85. The van der Waals surface area contributed by atoms with Gasteiger partial charge in [0.2, 0.25) is 5.91 Å². The van der Waals surface area contributed by atoms with Crippen molar-refractivity contribution >= 4 is 17.2 Å². The van der Waals surface area contributed by atoms with Crippen LogP contribution in [0.15, 0.2) is 47.8 Å². The maximum atomic E-state index is 12.3.